The van der Waals surface area contributed by atoms with Crippen LogP contribution in [0.4, 0.5) is 16.2 Å². The van der Waals surface area contributed by atoms with E-state index in [0.29, 0.717) is 6.04 Å². The number of benzene rings is 1. The highest BCUT2D eigenvalue weighted by molar-refractivity contribution is 5.89. The molecule has 0 bridgehead atoms. The van der Waals surface area contributed by atoms with E-state index in [1.54, 1.807) is 7.05 Å². The molecule has 1 aromatic rings. The topological polar surface area (TPSA) is 65.2 Å². The van der Waals surface area contributed by atoms with E-state index in [1.165, 1.54) is 12.8 Å². The molecule has 1 unspecified atom stereocenters. The molecular weight excluding hydrogens is 228 g/mol. The molecule has 18 heavy (non-hydrogen) atoms. The van der Waals surface area contributed by atoms with E-state index in [9.17, 15) is 4.79 Å². The summed E-state index contributed by atoms with van der Waals surface area (Å²) >= 11 is 0. The summed E-state index contributed by atoms with van der Waals surface area (Å²) in [6.07, 6.45) is 2.50. The van der Waals surface area contributed by atoms with E-state index in [2.05, 4.69) is 21.3 Å². The second kappa shape index (κ2) is 6.26. The molecule has 5 heteroatoms. The average Bonchev–Trinajstić information content (AvgIpc) is 2.91. The third kappa shape index (κ3) is 3.63. The van der Waals surface area contributed by atoms with Gasteiger partial charge in [0, 0.05) is 31.0 Å². The van der Waals surface area contributed by atoms with Crippen molar-refractivity contribution in [1.29, 1.82) is 0 Å². The van der Waals surface area contributed by atoms with Gasteiger partial charge in [-0.25, -0.2) is 4.79 Å². The van der Waals surface area contributed by atoms with Crippen molar-refractivity contribution in [1.82, 2.24) is 10.6 Å². The van der Waals surface area contributed by atoms with Gasteiger partial charge in [-0.15, -0.1) is 0 Å². The van der Waals surface area contributed by atoms with Crippen molar-refractivity contribution in [2.75, 3.05) is 30.8 Å². The molecule has 0 saturated carbocycles. The Bertz CT molecular complexity index is 384. The Kier molecular flexibility index (Phi) is 4.41. The van der Waals surface area contributed by atoms with Gasteiger partial charge < -0.3 is 21.3 Å². The van der Waals surface area contributed by atoms with Crippen molar-refractivity contribution < 1.29 is 4.79 Å². The molecule has 1 heterocycles. The minimum atomic E-state index is -0.203. The van der Waals surface area contributed by atoms with E-state index in [1.807, 2.05) is 24.3 Å². The van der Waals surface area contributed by atoms with Gasteiger partial charge in [0.2, 0.25) is 0 Å². The van der Waals surface area contributed by atoms with Crippen LogP contribution in [0, 0.1) is 0 Å². The van der Waals surface area contributed by atoms with Crippen LogP contribution in [0.15, 0.2) is 24.3 Å². The summed E-state index contributed by atoms with van der Waals surface area (Å²) in [5.74, 6) is 0. The van der Waals surface area contributed by atoms with Gasteiger partial charge in [0.25, 0.3) is 0 Å². The summed E-state index contributed by atoms with van der Waals surface area (Å²) in [5, 5.41) is 12.1. The number of nitrogens with one attached hydrogen (secondary N) is 4. The van der Waals surface area contributed by atoms with Gasteiger partial charge in [-0.1, -0.05) is 0 Å². The molecule has 5 nitrogen and oxygen atoms in total. The van der Waals surface area contributed by atoms with Gasteiger partial charge in [0.1, 0.15) is 0 Å². The number of urea groups is 1. The molecule has 0 spiro atoms. The van der Waals surface area contributed by atoms with Crippen LogP contribution >= 0.6 is 0 Å². The quantitative estimate of drug-likeness (QED) is 0.654. The van der Waals surface area contributed by atoms with Crippen LogP contribution in [0.25, 0.3) is 0 Å². The van der Waals surface area contributed by atoms with Crippen molar-refractivity contribution in [3.8, 4) is 0 Å². The number of carbonyl (C=O) groups is 1. The Labute approximate surface area is 107 Å². The zero-order valence-corrected chi connectivity index (χ0v) is 10.6. The average molecular weight is 248 g/mol. The molecule has 1 atom stereocenters. The Morgan fingerprint density at radius 2 is 2.06 bits per heavy atom. The first-order chi connectivity index (χ1) is 8.78. The Morgan fingerprint density at radius 3 is 2.67 bits per heavy atom. The van der Waals surface area contributed by atoms with Crippen LogP contribution in [-0.4, -0.2) is 32.2 Å². The number of hydrogen-bond acceptors (Lipinski definition) is 3. The van der Waals surface area contributed by atoms with Crippen molar-refractivity contribution in [3.63, 3.8) is 0 Å². The lowest BCUT2D eigenvalue weighted by atomic mass is 10.2. The summed E-state index contributed by atoms with van der Waals surface area (Å²) in [7, 11) is 1.60. The third-order valence-corrected chi connectivity index (χ3v) is 3.08. The minimum absolute atomic E-state index is 0.203. The maximum atomic E-state index is 11.1. The first kappa shape index (κ1) is 12.7. The van der Waals surface area contributed by atoms with Crippen LogP contribution in [0.5, 0.6) is 0 Å². The molecular formula is C13H20N4O. The number of rotatable bonds is 4. The SMILES string of the molecule is CNC(=O)Nc1ccc(NCC2CCCN2)cc1. The number of anilines is 2. The third-order valence-electron chi connectivity index (χ3n) is 3.08. The predicted molar refractivity (Wildman–Crippen MR) is 74.0 cm³/mol. The molecule has 1 saturated heterocycles. The fourth-order valence-corrected chi connectivity index (χ4v) is 2.04. The first-order valence-corrected chi connectivity index (χ1v) is 6.34. The maximum Gasteiger partial charge on any atom is 0.318 e. The number of hydrogen-bond donors (Lipinski definition) is 4. The van der Waals surface area contributed by atoms with Crippen LogP contribution in [-0.2, 0) is 0 Å². The molecule has 0 aliphatic carbocycles. The summed E-state index contributed by atoms with van der Waals surface area (Å²) in [5.41, 5.74) is 1.87. The van der Waals surface area contributed by atoms with E-state index >= 15 is 0 Å². The molecule has 0 aromatic heterocycles. The second-order valence-electron chi connectivity index (χ2n) is 4.46. The van der Waals surface area contributed by atoms with Crippen LogP contribution < -0.4 is 21.3 Å². The van der Waals surface area contributed by atoms with Gasteiger partial charge in [-0.05, 0) is 43.7 Å². The lowest BCUT2D eigenvalue weighted by Crippen LogP contribution is -2.29. The summed E-state index contributed by atoms with van der Waals surface area (Å²) in [4.78, 5) is 11.1. The fraction of sp³-hybridized carbons (Fsp3) is 0.462. The van der Waals surface area contributed by atoms with Crippen molar-refractivity contribution in [2.24, 2.45) is 0 Å². The van der Waals surface area contributed by atoms with E-state index < -0.39 is 0 Å². The highest BCUT2D eigenvalue weighted by Gasteiger charge is 2.12. The normalized spacial score (nSPS) is 18.4. The highest BCUT2D eigenvalue weighted by Crippen LogP contribution is 2.14. The van der Waals surface area contributed by atoms with Crippen LogP contribution in [0.1, 0.15) is 12.8 Å². The Balaban J connectivity index is 1.81. The maximum absolute atomic E-state index is 11.1. The lowest BCUT2D eigenvalue weighted by molar-refractivity contribution is 0.254. The highest BCUT2D eigenvalue weighted by atomic mass is 16.2. The minimum Gasteiger partial charge on any atom is -0.383 e. The standard InChI is InChI=1S/C13H20N4O/c1-14-13(18)17-11-6-4-10(5-7-11)16-9-12-3-2-8-15-12/h4-7,12,15-16H,2-3,8-9H2,1H3,(H2,14,17,18). The molecule has 4 N–H and O–H groups in total. The molecule has 0 radical (unpaired) electrons. The molecule has 98 valence electrons. The molecule has 1 aliphatic rings. The van der Waals surface area contributed by atoms with Gasteiger partial charge >= 0.3 is 6.03 Å². The van der Waals surface area contributed by atoms with Crippen LogP contribution in [0.2, 0.25) is 0 Å². The molecule has 1 aromatic carbocycles. The Hall–Kier alpha value is -1.75. The predicted octanol–water partition coefficient (Wildman–Crippen LogP) is 1.60. The van der Waals surface area contributed by atoms with Crippen LogP contribution in [0.3, 0.4) is 0 Å². The second-order valence-corrected chi connectivity index (χ2v) is 4.46. The van der Waals surface area contributed by atoms with Crippen molar-refractivity contribution in [2.45, 2.75) is 18.9 Å². The van der Waals surface area contributed by atoms with E-state index in [4.69, 9.17) is 0 Å². The molecule has 1 fully saturated rings. The summed E-state index contributed by atoms with van der Waals surface area (Å²) in [6, 6.07) is 8.10. The van der Waals surface area contributed by atoms with Gasteiger partial charge in [-0.3, -0.25) is 0 Å². The zero-order valence-electron chi connectivity index (χ0n) is 10.6. The molecule has 2 rings (SSSR count). The van der Waals surface area contributed by atoms with Gasteiger partial charge in [0.15, 0.2) is 0 Å². The molecule has 2 amide bonds. The lowest BCUT2D eigenvalue weighted by Gasteiger charge is -2.13. The zero-order chi connectivity index (χ0) is 12.8. The van der Waals surface area contributed by atoms with Gasteiger partial charge in [-0.2, -0.15) is 0 Å². The number of amides is 2. The summed E-state index contributed by atoms with van der Waals surface area (Å²) in [6.45, 7) is 2.07. The van der Waals surface area contributed by atoms with Crippen molar-refractivity contribution in [3.05, 3.63) is 24.3 Å². The van der Waals surface area contributed by atoms with E-state index in [0.717, 1.165) is 24.5 Å². The fourth-order valence-electron chi connectivity index (χ4n) is 2.04. The number of carbonyl (C=O) groups excluding carboxylic acids is 1. The van der Waals surface area contributed by atoms with Crippen molar-refractivity contribution >= 4 is 17.4 Å². The Morgan fingerprint density at radius 1 is 1.33 bits per heavy atom. The smallest absolute Gasteiger partial charge is 0.318 e. The van der Waals surface area contributed by atoms with E-state index in [-0.39, 0.29) is 6.03 Å². The molecule has 1 aliphatic heterocycles. The summed E-state index contributed by atoms with van der Waals surface area (Å²) < 4.78 is 0. The largest absolute Gasteiger partial charge is 0.383 e. The first-order valence-electron chi connectivity index (χ1n) is 6.34. The van der Waals surface area contributed by atoms with Gasteiger partial charge in [0.05, 0.1) is 0 Å². The monoisotopic (exact) mass is 248 g/mol.